The monoisotopic (exact) mass is 286 g/mol. The van der Waals surface area contributed by atoms with E-state index in [-0.39, 0.29) is 0 Å². The van der Waals surface area contributed by atoms with E-state index >= 15 is 0 Å². The lowest BCUT2D eigenvalue weighted by Crippen LogP contribution is -2.48. The summed E-state index contributed by atoms with van der Waals surface area (Å²) < 4.78 is 0. The molecule has 0 aromatic heterocycles. The molecule has 1 saturated heterocycles. The van der Waals surface area contributed by atoms with E-state index in [9.17, 15) is 0 Å². The first kappa shape index (κ1) is 15.1. The minimum atomic E-state index is 0.335. The zero-order valence-corrected chi connectivity index (χ0v) is 13.9. The Morgan fingerprint density at radius 3 is 2.81 bits per heavy atom. The van der Waals surface area contributed by atoms with Crippen molar-refractivity contribution in [1.29, 1.82) is 0 Å². The third-order valence-corrected chi connectivity index (χ3v) is 5.60. The number of hydrogen-bond acceptors (Lipinski definition) is 2. The molecular weight excluding hydrogens is 256 g/mol. The van der Waals surface area contributed by atoms with E-state index in [0.717, 1.165) is 6.54 Å². The summed E-state index contributed by atoms with van der Waals surface area (Å²) >= 11 is 0. The van der Waals surface area contributed by atoms with E-state index in [4.69, 9.17) is 0 Å². The van der Waals surface area contributed by atoms with Gasteiger partial charge in [-0.1, -0.05) is 44.5 Å². The van der Waals surface area contributed by atoms with E-state index in [1.165, 1.54) is 38.6 Å². The highest BCUT2D eigenvalue weighted by Crippen LogP contribution is 2.45. The van der Waals surface area contributed by atoms with Crippen LogP contribution in [0.15, 0.2) is 24.3 Å². The number of fused-ring (bicyclic) bond motifs is 1. The normalized spacial score (nSPS) is 29.1. The van der Waals surface area contributed by atoms with Crippen molar-refractivity contribution in [3.8, 4) is 0 Å². The van der Waals surface area contributed by atoms with Gasteiger partial charge in [-0.3, -0.25) is 4.90 Å². The van der Waals surface area contributed by atoms with Crippen LogP contribution in [0.5, 0.6) is 0 Å². The molecular formula is C19H30N2. The molecule has 1 heterocycles. The molecule has 3 rings (SSSR count). The van der Waals surface area contributed by atoms with Crippen LogP contribution >= 0.6 is 0 Å². The van der Waals surface area contributed by atoms with Crippen LogP contribution in [-0.2, 0) is 5.41 Å². The number of hydrogen-bond donors (Lipinski definition) is 1. The van der Waals surface area contributed by atoms with Gasteiger partial charge < -0.3 is 5.32 Å². The molecule has 0 radical (unpaired) electrons. The maximum Gasteiger partial charge on any atom is 0.0354 e. The van der Waals surface area contributed by atoms with Crippen LogP contribution in [0.25, 0.3) is 0 Å². The molecule has 0 saturated carbocycles. The lowest BCUT2D eigenvalue weighted by atomic mass is 9.70. The fourth-order valence-electron chi connectivity index (χ4n) is 4.42. The van der Waals surface area contributed by atoms with E-state index in [1.807, 2.05) is 0 Å². The van der Waals surface area contributed by atoms with Gasteiger partial charge in [-0.05, 0) is 55.8 Å². The molecule has 1 fully saturated rings. The topological polar surface area (TPSA) is 15.3 Å². The van der Waals surface area contributed by atoms with Crippen LogP contribution in [0.3, 0.4) is 0 Å². The minimum absolute atomic E-state index is 0.335. The van der Waals surface area contributed by atoms with Gasteiger partial charge in [0, 0.05) is 18.6 Å². The standard InChI is InChI=1S/C19H30N2/c1-19(2)12-11-18(16-9-4-5-10-17(16)19)21-13-7-6-8-15(21)14-20-3/h4-5,9-10,15,18,20H,6-8,11-14H2,1-3H3. The third-order valence-electron chi connectivity index (χ3n) is 5.60. The van der Waals surface area contributed by atoms with Crippen LogP contribution in [0.2, 0.25) is 0 Å². The first-order valence-corrected chi connectivity index (χ1v) is 8.63. The summed E-state index contributed by atoms with van der Waals surface area (Å²) in [6.45, 7) is 7.21. The van der Waals surface area contributed by atoms with Crippen LogP contribution in [-0.4, -0.2) is 31.1 Å². The summed E-state index contributed by atoms with van der Waals surface area (Å²) in [7, 11) is 2.09. The van der Waals surface area contributed by atoms with Crippen molar-refractivity contribution in [1.82, 2.24) is 10.2 Å². The average molecular weight is 286 g/mol. The van der Waals surface area contributed by atoms with Crippen molar-refractivity contribution in [3.05, 3.63) is 35.4 Å². The molecule has 2 heteroatoms. The first-order valence-electron chi connectivity index (χ1n) is 8.63. The molecule has 2 nitrogen and oxygen atoms in total. The molecule has 0 spiro atoms. The van der Waals surface area contributed by atoms with Gasteiger partial charge in [-0.15, -0.1) is 0 Å². The summed E-state index contributed by atoms with van der Waals surface area (Å²) in [6, 6.07) is 10.5. The summed E-state index contributed by atoms with van der Waals surface area (Å²) in [4.78, 5) is 2.80. The molecule has 21 heavy (non-hydrogen) atoms. The van der Waals surface area contributed by atoms with Crippen molar-refractivity contribution < 1.29 is 0 Å². The van der Waals surface area contributed by atoms with Crippen molar-refractivity contribution in [2.45, 2.75) is 63.5 Å². The molecule has 2 aliphatic rings. The van der Waals surface area contributed by atoms with Crippen molar-refractivity contribution in [2.24, 2.45) is 0 Å². The molecule has 2 atom stereocenters. The van der Waals surface area contributed by atoms with Crippen molar-refractivity contribution in [2.75, 3.05) is 20.1 Å². The minimum Gasteiger partial charge on any atom is -0.318 e. The molecule has 1 aliphatic carbocycles. The first-order chi connectivity index (χ1) is 10.1. The second kappa shape index (κ2) is 6.10. The fourth-order valence-corrected chi connectivity index (χ4v) is 4.42. The van der Waals surface area contributed by atoms with Gasteiger partial charge in [0.15, 0.2) is 0 Å². The Morgan fingerprint density at radius 1 is 1.19 bits per heavy atom. The van der Waals surface area contributed by atoms with Gasteiger partial charge in [-0.2, -0.15) is 0 Å². The Bertz CT molecular complexity index is 478. The molecule has 0 bridgehead atoms. The number of rotatable bonds is 3. The molecule has 2 unspecified atom stereocenters. The van der Waals surface area contributed by atoms with Crippen molar-refractivity contribution in [3.63, 3.8) is 0 Å². The smallest absolute Gasteiger partial charge is 0.0354 e. The van der Waals surface area contributed by atoms with E-state index in [1.54, 1.807) is 11.1 Å². The van der Waals surface area contributed by atoms with Gasteiger partial charge in [0.1, 0.15) is 0 Å². The zero-order valence-electron chi connectivity index (χ0n) is 13.9. The largest absolute Gasteiger partial charge is 0.318 e. The highest BCUT2D eigenvalue weighted by molar-refractivity contribution is 5.38. The van der Waals surface area contributed by atoms with Crippen LogP contribution < -0.4 is 5.32 Å². The Morgan fingerprint density at radius 2 is 2.00 bits per heavy atom. The van der Waals surface area contributed by atoms with Crippen molar-refractivity contribution >= 4 is 0 Å². The highest BCUT2D eigenvalue weighted by atomic mass is 15.2. The molecule has 0 amide bonds. The molecule has 1 aliphatic heterocycles. The van der Waals surface area contributed by atoms with Gasteiger partial charge in [0.2, 0.25) is 0 Å². The second-order valence-electron chi connectivity index (χ2n) is 7.47. The van der Waals surface area contributed by atoms with Crippen LogP contribution in [0, 0.1) is 0 Å². The number of piperidine rings is 1. The number of nitrogens with one attached hydrogen (secondary N) is 1. The van der Waals surface area contributed by atoms with E-state index in [0.29, 0.717) is 17.5 Å². The fraction of sp³-hybridized carbons (Fsp3) is 0.684. The quantitative estimate of drug-likeness (QED) is 0.907. The highest BCUT2D eigenvalue weighted by Gasteiger charge is 2.37. The summed E-state index contributed by atoms with van der Waals surface area (Å²) in [5.74, 6) is 0. The predicted octanol–water partition coefficient (Wildman–Crippen LogP) is 3.87. The SMILES string of the molecule is CNCC1CCCCN1C1CCC(C)(C)c2ccccc21. The summed E-state index contributed by atoms with van der Waals surface area (Å²) in [5, 5.41) is 3.41. The van der Waals surface area contributed by atoms with Gasteiger partial charge in [-0.25, -0.2) is 0 Å². The number of likely N-dealkylation sites (tertiary alicyclic amines) is 1. The van der Waals surface area contributed by atoms with E-state index in [2.05, 4.69) is 55.4 Å². The second-order valence-corrected chi connectivity index (χ2v) is 7.47. The Balaban J connectivity index is 1.91. The Hall–Kier alpha value is -0.860. The summed E-state index contributed by atoms with van der Waals surface area (Å²) in [5.41, 5.74) is 3.51. The van der Waals surface area contributed by atoms with Crippen LogP contribution in [0.4, 0.5) is 0 Å². The zero-order chi connectivity index (χ0) is 14.9. The molecule has 1 N–H and O–H groups in total. The molecule has 116 valence electrons. The predicted molar refractivity (Wildman–Crippen MR) is 89.7 cm³/mol. The van der Waals surface area contributed by atoms with E-state index < -0.39 is 0 Å². The van der Waals surface area contributed by atoms with Gasteiger partial charge in [0.25, 0.3) is 0 Å². The number of benzene rings is 1. The average Bonchev–Trinajstić information content (AvgIpc) is 2.49. The Kier molecular flexibility index (Phi) is 4.37. The molecule has 1 aromatic rings. The maximum atomic E-state index is 3.41. The lowest BCUT2D eigenvalue weighted by molar-refractivity contribution is 0.0777. The van der Waals surface area contributed by atoms with Crippen LogP contribution in [0.1, 0.15) is 63.1 Å². The van der Waals surface area contributed by atoms with Gasteiger partial charge in [0.05, 0.1) is 0 Å². The number of likely N-dealkylation sites (N-methyl/N-ethyl adjacent to an activating group) is 1. The Labute approximate surface area is 129 Å². The summed E-state index contributed by atoms with van der Waals surface area (Å²) in [6.07, 6.45) is 6.72. The van der Waals surface area contributed by atoms with Gasteiger partial charge >= 0.3 is 0 Å². The molecule has 1 aromatic carbocycles. The third kappa shape index (κ3) is 2.89. The maximum absolute atomic E-state index is 3.41. The number of nitrogens with zero attached hydrogens (tertiary/aromatic N) is 1. The lowest BCUT2D eigenvalue weighted by Gasteiger charge is -2.46.